The van der Waals surface area contributed by atoms with Crippen LogP contribution in [0.2, 0.25) is 5.02 Å². The van der Waals surface area contributed by atoms with Crippen molar-refractivity contribution in [3.05, 3.63) is 34.9 Å². The first-order valence-corrected chi connectivity index (χ1v) is 5.76. The van der Waals surface area contributed by atoms with E-state index in [1.165, 1.54) is 0 Å². The fourth-order valence-corrected chi connectivity index (χ4v) is 1.42. The summed E-state index contributed by atoms with van der Waals surface area (Å²) in [6.45, 7) is 5.08. The highest BCUT2D eigenvalue weighted by Gasteiger charge is 2.10. The summed E-state index contributed by atoms with van der Waals surface area (Å²) in [4.78, 5) is 11.4. The van der Waals surface area contributed by atoms with Gasteiger partial charge in [-0.1, -0.05) is 23.7 Å². The molecule has 1 unspecified atom stereocenters. The lowest BCUT2D eigenvalue weighted by Gasteiger charge is -2.13. The van der Waals surface area contributed by atoms with Crippen LogP contribution in [0.1, 0.15) is 19.4 Å². The average Bonchev–Trinajstić information content (AvgIpc) is 2.28. The summed E-state index contributed by atoms with van der Waals surface area (Å²) in [5.74, 6) is 0.0245. The van der Waals surface area contributed by atoms with Gasteiger partial charge in [0, 0.05) is 18.1 Å². The number of nitrogens with one attached hydrogen (secondary N) is 2. The third-order valence-corrected chi connectivity index (χ3v) is 2.52. The number of hydrogen-bond donors (Lipinski definition) is 2. The second-order valence-electron chi connectivity index (χ2n) is 3.62. The van der Waals surface area contributed by atoms with Gasteiger partial charge in [-0.3, -0.25) is 4.79 Å². The molecule has 0 aliphatic rings. The Morgan fingerprint density at radius 2 is 2.00 bits per heavy atom. The van der Waals surface area contributed by atoms with Gasteiger partial charge < -0.3 is 10.6 Å². The number of benzene rings is 1. The van der Waals surface area contributed by atoms with Gasteiger partial charge in [0.2, 0.25) is 5.91 Å². The quantitative estimate of drug-likeness (QED) is 0.826. The highest BCUT2D eigenvalue weighted by atomic mass is 35.5. The summed E-state index contributed by atoms with van der Waals surface area (Å²) >= 11 is 5.78. The van der Waals surface area contributed by atoms with Gasteiger partial charge in [-0.25, -0.2) is 0 Å². The lowest BCUT2D eigenvalue weighted by molar-refractivity contribution is -0.122. The molecular formula is C12H17ClN2O. The second kappa shape index (κ2) is 6.51. The molecule has 88 valence electrons. The Kier molecular flexibility index (Phi) is 5.29. The van der Waals surface area contributed by atoms with Gasteiger partial charge in [0.1, 0.15) is 0 Å². The molecule has 1 rings (SSSR count). The topological polar surface area (TPSA) is 41.1 Å². The van der Waals surface area contributed by atoms with Crippen LogP contribution in [0.25, 0.3) is 0 Å². The first-order valence-electron chi connectivity index (χ1n) is 5.39. The van der Waals surface area contributed by atoms with Crippen molar-refractivity contribution >= 4 is 17.5 Å². The number of likely N-dealkylation sites (N-methyl/N-ethyl adjacent to an activating group) is 1. The Balaban J connectivity index is 2.39. The van der Waals surface area contributed by atoms with E-state index in [-0.39, 0.29) is 11.9 Å². The minimum atomic E-state index is -0.185. The molecular weight excluding hydrogens is 224 g/mol. The maximum Gasteiger partial charge on any atom is 0.236 e. The number of amides is 1. The molecule has 4 heteroatoms. The molecule has 0 aliphatic carbocycles. The maximum absolute atomic E-state index is 11.4. The fraction of sp³-hybridized carbons (Fsp3) is 0.417. The molecule has 1 aromatic carbocycles. The summed E-state index contributed by atoms with van der Waals surface area (Å²) in [6, 6.07) is 7.39. The molecule has 2 N–H and O–H groups in total. The van der Waals surface area contributed by atoms with Crippen LogP contribution in [0.4, 0.5) is 0 Å². The standard InChI is InChI=1S/C12H17ClN2O/c1-3-14-12(16)9(2)15-8-10-4-6-11(13)7-5-10/h4-7,9,15H,3,8H2,1-2H3,(H,14,16). The van der Waals surface area contributed by atoms with Crippen LogP contribution in [0.15, 0.2) is 24.3 Å². The van der Waals surface area contributed by atoms with Crippen molar-refractivity contribution in [2.45, 2.75) is 26.4 Å². The Labute approximate surface area is 101 Å². The average molecular weight is 241 g/mol. The first kappa shape index (κ1) is 13.0. The Bertz CT molecular complexity index is 337. The molecule has 0 saturated heterocycles. The predicted molar refractivity (Wildman–Crippen MR) is 66.4 cm³/mol. The Morgan fingerprint density at radius 1 is 1.38 bits per heavy atom. The van der Waals surface area contributed by atoms with E-state index in [1.807, 2.05) is 38.1 Å². The minimum Gasteiger partial charge on any atom is -0.355 e. The molecule has 1 aromatic rings. The van der Waals surface area contributed by atoms with Crippen LogP contribution in [0.5, 0.6) is 0 Å². The Hall–Kier alpha value is -1.06. The van der Waals surface area contributed by atoms with E-state index >= 15 is 0 Å². The molecule has 0 bridgehead atoms. The zero-order valence-electron chi connectivity index (χ0n) is 9.59. The molecule has 16 heavy (non-hydrogen) atoms. The first-order chi connectivity index (χ1) is 7.63. The molecule has 0 fully saturated rings. The van der Waals surface area contributed by atoms with Crippen LogP contribution in [0.3, 0.4) is 0 Å². The minimum absolute atomic E-state index is 0.0245. The molecule has 0 saturated carbocycles. The smallest absolute Gasteiger partial charge is 0.236 e. The summed E-state index contributed by atoms with van der Waals surface area (Å²) in [5.41, 5.74) is 1.11. The molecule has 0 aromatic heterocycles. The zero-order chi connectivity index (χ0) is 12.0. The number of carbonyl (C=O) groups excluding carboxylic acids is 1. The molecule has 1 atom stereocenters. The van der Waals surface area contributed by atoms with Gasteiger partial charge in [-0.2, -0.15) is 0 Å². The predicted octanol–water partition coefficient (Wildman–Crippen LogP) is 1.95. The SMILES string of the molecule is CCNC(=O)C(C)NCc1ccc(Cl)cc1. The van der Waals surface area contributed by atoms with Gasteiger partial charge in [-0.05, 0) is 31.5 Å². The largest absolute Gasteiger partial charge is 0.355 e. The number of halogens is 1. The van der Waals surface area contributed by atoms with Crippen molar-refractivity contribution in [3.8, 4) is 0 Å². The summed E-state index contributed by atoms with van der Waals surface area (Å²) in [7, 11) is 0. The van der Waals surface area contributed by atoms with Crippen molar-refractivity contribution in [1.29, 1.82) is 0 Å². The molecule has 0 spiro atoms. The van der Waals surface area contributed by atoms with E-state index in [0.717, 1.165) is 10.6 Å². The zero-order valence-corrected chi connectivity index (χ0v) is 10.3. The Morgan fingerprint density at radius 3 is 2.56 bits per heavy atom. The van der Waals surface area contributed by atoms with Crippen LogP contribution >= 0.6 is 11.6 Å². The lowest BCUT2D eigenvalue weighted by Crippen LogP contribution is -2.41. The van der Waals surface area contributed by atoms with Crippen LogP contribution in [0, 0.1) is 0 Å². The summed E-state index contributed by atoms with van der Waals surface area (Å²) in [6.07, 6.45) is 0. The maximum atomic E-state index is 11.4. The van der Waals surface area contributed by atoms with Crippen molar-refractivity contribution in [3.63, 3.8) is 0 Å². The molecule has 0 heterocycles. The summed E-state index contributed by atoms with van der Waals surface area (Å²) < 4.78 is 0. The van der Waals surface area contributed by atoms with E-state index in [0.29, 0.717) is 13.1 Å². The van der Waals surface area contributed by atoms with Crippen LogP contribution in [-0.4, -0.2) is 18.5 Å². The number of hydrogen-bond acceptors (Lipinski definition) is 2. The molecule has 3 nitrogen and oxygen atoms in total. The second-order valence-corrected chi connectivity index (χ2v) is 4.06. The van der Waals surface area contributed by atoms with Gasteiger partial charge in [0.25, 0.3) is 0 Å². The highest BCUT2D eigenvalue weighted by molar-refractivity contribution is 6.30. The van der Waals surface area contributed by atoms with Gasteiger partial charge in [-0.15, -0.1) is 0 Å². The van der Waals surface area contributed by atoms with E-state index in [2.05, 4.69) is 10.6 Å². The highest BCUT2D eigenvalue weighted by Crippen LogP contribution is 2.09. The van der Waals surface area contributed by atoms with Gasteiger partial charge >= 0.3 is 0 Å². The lowest BCUT2D eigenvalue weighted by atomic mass is 10.2. The van der Waals surface area contributed by atoms with Crippen LogP contribution in [-0.2, 0) is 11.3 Å². The van der Waals surface area contributed by atoms with E-state index < -0.39 is 0 Å². The van der Waals surface area contributed by atoms with Gasteiger partial charge in [0.15, 0.2) is 0 Å². The van der Waals surface area contributed by atoms with Crippen molar-refractivity contribution in [2.24, 2.45) is 0 Å². The van der Waals surface area contributed by atoms with E-state index in [1.54, 1.807) is 0 Å². The molecule has 0 aliphatic heterocycles. The van der Waals surface area contributed by atoms with Crippen LogP contribution < -0.4 is 10.6 Å². The van der Waals surface area contributed by atoms with E-state index in [9.17, 15) is 4.79 Å². The van der Waals surface area contributed by atoms with E-state index in [4.69, 9.17) is 11.6 Å². The van der Waals surface area contributed by atoms with Crippen molar-refractivity contribution in [1.82, 2.24) is 10.6 Å². The molecule has 0 radical (unpaired) electrons. The third kappa shape index (κ3) is 4.21. The van der Waals surface area contributed by atoms with Crippen molar-refractivity contribution in [2.75, 3.05) is 6.54 Å². The third-order valence-electron chi connectivity index (χ3n) is 2.27. The normalized spacial score (nSPS) is 12.2. The monoisotopic (exact) mass is 240 g/mol. The number of carbonyl (C=O) groups is 1. The van der Waals surface area contributed by atoms with Gasteiger partial charge in [0.05, 0.1) is 6.04 Å². The number of rotatable bonds is 5. The molecule has 1 amide bonds. The fourth-order valence-electron chi connectivity index (χ4n) is 1.29. The van der Waals surface area contributed by atoms with Crippen molar-refractivity contribution < 1.29 is 4.79 Å². The summed E-state index contributed by atoms with van der Waals surface area (Å²) in [5, 5.41) is 6.64.